The van der Waals surface area contributed by atoms with Crippen LogP contribution in [0.2, 0.25) is 0 Å². The predicted octanol–water partition coefficient (Wildman–Crippen LogP) is 1.85. The van der Waals surface area contributed by atoms with Crippen molar-refractivity contribution in [1.29, 1.82) is 0 Å². The highest BCUT2D eigenvalue weighted by molar-refractivity contribution is 5.84. The molecule has 0 bridgehead atoms. The number of piperidine rings is 1. The average molecular weight is 303 g/mol. The molecule has 1 saturated heterocycles. The van der Waals surface area contributed by atoms with E-state index >= 15 is 0 Å². The maximum absolute atomic E-state index is 12.8. The molecule has 2 aromatic heterocycles. The first-order chi connectivity index (χ1) is 10.6. The summed E-state index contributed by atoms with van der Waals surface area (Å²) in [4.78, 5) is 18.7. The Bertz CT molecular complexity index is 629. The summed E-state index contributed by atoms with van der Waals surface area (Å²) in [6.07, 6.45) is 5.25. The van der Waals surface area contributed by atoms with Crippen LogP contribution in [0.5, 0.6) is 0 Å². The minimum atomic E-state index is -0.235. The smallest absolute Gasteiger partial charge is 0.230 e. The molecule has 118 valence electrons. The van der Waals surface area contributed by atoms with Gasteiger partial charge in [-0.15, -0.1) is 0 Å². The number of carbonyl (C=O) groups is 1. The van der Waals surface area contributed by atoms with E-state index in [1.165, 1.54) is 6.33 Å². The SMILES string of the molecule is Cc1noc(C)c1[C@@H](C)C(=O)N1CCC[C@@H](n2cncn2)C1. The second kappa shape index (κ2) is 5.90. The summed E-state index contributed by atoms with van der Waals surface area (Å²) in [5, 5.41) is 8.15. The zero-order valence-corrected chi connectivity index (χ0v) is 13.2. The van der Waals surface area contributed by atoms with Crippen LogP contribution in [0.4, 0.5) is 0 Å². The van der Waals surface area contributed by atoms with Crippen LogP contribution in [0.1, 0.15) is 48.7 Å². The van der Waals surface area contributed by atoms with Gasteiger partial charge in [0.1, 0.15) is 18.4 Å². The highest BCUT2D eigenvalue weighted by atomic mass is 16.5. The van der Waals surface area contributed by atoms with Crippen molar-refractivity contribution < 1.29 is 9.32 Å². The molecule has 2 atom stereocenters. The summed E-state index contributed by atoms with van der Waals surface area (Å²) in [5.41, 5.74) is 1.70. The lowest BCUT2D eigenvalue weighted by Crippen LogP contribution is -2.42. The molecule has 1 aliphatic rings. The zero-order valence-electron chi connectivity index (χ0n) is 13.2. The summed E-state index contributed by atoms with van der Waals surface area (Å²) >= 11 is 0. The third kappa shape index (κ3) is 2.63. The van der Waals surface area contributed by atoms with Gasteiger partial charge in [-0.05, 0) is 33.6 Å². The fourth-order valence-corrected chi connectivity index (χ4v) is 3.28. The van der Waals surface area contributed by atoms with E-state index in [9.17, 15) is 4.79 Å². The summed E-state index contributed by atoms with van der Waals surface area (Å²) in [6, 6.07) is 0.206. The topological polar surface area (TPSA) is 77.0 Å². The van der Waals surface area contributed by atoms with Gasteiger partial charge in [0, 0.05) is 18.7 Å². The molecular formula is C15H21N5O2. The molecule has 3 rings (SSSR count). The minimum absolute atomic E-state index is 0.124. The second-order valence-corrected chi connectivity index (χ2v) is 5.92. The molecule has 0 saturated carbocycles. The van der Waals surface area contributed by atoms with Gasteiger partial charge in [-0.25, -0.2) is 9.67 Å². The van der Waals surface area contributed by atoms with Gasteiger partial charge in [-0.3, -0.25) is 4.79 Å². The van der Waals surface area contributed by atoms with Gasteiger partial charge in [0.15, 0.2) is 0 Å². The van der Waals surface area contributed by atoms with E-state index in [-0.39, 0.29) is 17.9 Å². The van der Waals surface area contributed by atoms with Crippen molar-refractivity contribution in [2.75, 3.05) is 13.1 Å². The number of hydrogen-bond acceptors (Lipinski definition) is 5. The molecule has 22 heavy (non-hydrogen) atoms. The monoisotopic (exact) mass is 303 g/mol. The van der Waals surface area contributed by atoms with Crippen molar-refractivity contribution in [2.24, 2.45) is 0 Å². The molecule has 3 heterocycles. The van der Waals surface area contributed by atoms with Crippen molar-refractivity contribution in [3.8, 4) is 0 Å². The fourth-order valence-electron chi connectivity index (χ4n) is 3.28. The molecule has 0 spiro atoms. The number of aromatic nitrogens is 4. The Morgan fingerprint density at radius 2 is 2.27 bits per heavy atom. The van der Waals surface area contributed by atoms with Gasteiger partial charge in [-0.1, -0.05) is 5.16 Å². The third-order valence-corrected chi connectivity index (χ3v) is 4.41. The van der Waals surface area contributed by atoms with Crippen LogP contribution in [0.3, 0.4) is 0 Å². The Balaban J connectivity index is 1.74. The maximum atomic E-state index is 12.8. The van der Waals surface area contributed by atoms with Crippen molar-refractivity contribution in [1.82, 2.24) is 24.8 Å². The molecule has 0 N–H and O–H groups in total. The molecule has 0 unspecified atom stereocenters. The molecule has 1 fully saturated rings. The minimum Gasteiger partial charge on any atom is -0.361 e. The van der Waals surface area contributed by atoms with E-state index in [1.807, 2.05) is 30.4 Å². The van der Waals surface area contributed by atoms with Gasteiger partial charge >= 0.3 is 0 Å². The fraction of sp³-hybridized carbons (Fsp3) is 0.600. The Labute approximate surface area is 129 Å². The largest absolute Gasteiger partial charge is 0.361 e. The average Bonchev–Trinajstić information content (AvgIpc) is 3.16. The summed E-state index contributed by atoms with van der Waals surface area (Å²) in [7, 11) is 0. The van der Waals surface area contributed by atoms with Crippen LogP contribution in [-0.4, -0.2) is 43.8 Å². The van der Waals surface area contributed by atoms with Gasteiger partial charge in [0.25, 0.3) is 0 Å². The number of likely N-dealkylation sites (tertiary alicyclic amines) is 1. The van der Waals surface area contributed by atoms with E-state index in [4.69, 9.17) is 4.52 Å². The quantitative estimate of drug-likeness (QED) is 0.865. The molecular weight excluding hydrogens is 282 g/mol. The first-order valence-electron chi connectivity index (χ1n) is 7.63. The lowest BCUT2D eigenvalue weighted by molar-refractivity contribution is -0.134. The van der Waals surface area contributed by atoms with E-state index in [2.05, 4.69) is 15.2 Å². The molecule has 0 aliphatic carbocycles. The zero-order chi connectivity index (χ0) is 15.7. The van der Waals surface area contributed by atoms with Crippen molar-refractivity contribution in [2.45, 2.75) is 45.6 Å². The van der Waals surface area contributed by atoms with Gasteiger partial charge < -0.3 is 9.42 Å². The van der Waals surface area contributed by atoms with Gasteiger partial charge in [0.05, 0.1) is 17.7 Å². The van der Waals surface area contributed by atoms with Crippen LogP contribution < -0.4 is 0 Å². The summed E-state index contributed by atoms with van der Waals surface area (Å²) in [6.45, 7) is 7.12. The molecule has 2 aromatic rings. The molecule has 7 heteroatoms. The van der Waals surface area contributed by atoms with E-state index in [0.29, 0.717) is 6.54 Å². The lowest BCUT2D eigenvalue weighted by Gasteiger charge is -2.34. The van der Waals surface area contributed by atoms with Gasteiger partial charge in [-0.2, -0.15) is 5.10 Å². The lowest BCUT2D eigenvalue weighted by atomic mass is 9.96. The third-order valence-electron chi connectivity index (χ3n) is 4.41. The Hall–Kier alpha value is -2.18. The van der Waals surface area contributed by atoms with E-state index in [1.54, 1.807) is 6.33 Å². The summed E-state index contributed by atoms with van der Waals surface area (Å²) in [5.74, 6) is 0.614. The summed E-state index contributed by atoms with van der Waals surface area (Å²) < 4.78 is 7.04. The molecule has 7 nitrogen and oxygen atoms in total. The molecule has 0 radical (unpaired) electrons. The number of rotatable bonds is 3. The number of hydrogen-bond donors (Lipinski definition) is 0. The Morgan fingerprint density at radius 3 is 2.91 bits per heavy atom. The standard InChI is InChI=1S/C15H21N5O2/c1-10(14-11(2)18-22-12(14)3)15(21)19-6-4-5-13(7-19)20-9-16-8-17-20/h8-10,13H,4-7H2,1-3H3/t10-,13-/m1/s1. The normalized spacial score (nSPS) is 20.1. The number of amides is 1. The maximum Gasteiger partial charge on any atom is 0.230 e. The van der Waals surface area contributed by atoms with Crippen molar-refractivity contribution in [3.05, 3.63) is 29.7 Å². The second-order valence-electron chi connectivity index (χ2n) is 5.92. The van der Waals surface area contributed by atoms with E-state index in [0.717, 1.165) is 36.4 Å². The van der Waals surface area contributed by atoms with Crippen LogP contribution in [0, 0.1) is 13.8 Å². The van der Waals surface area contributed by atoms with E-state index < -0.39 is 0 Å². The van der Waals surface area contributed by atoms with Gasteiger partial charge in [0.2, 0.25) is 5.91 Å². The van der Waals surface area contributed by atoms with Crippen LogP contribution in [0.25, 0.3) is 0 Å². The highest BCUT2D eigenvalue weighted by Crippen LogP contribution is 2.28. The van der Waals surface area contributed by atoms with Crippen LogP contribution in [-0.2, 0) is 4.79 Å². The van der Waals surface area contributed by atoms with Crippen molar-refractivity contribution >= 4 is 5.91 Å². The predicted molar refractivity (Wildman–Crippen MR) is 79.3 cm³/mol. The molecule has 1 aliphatic heterocycles. The molecule has 1 amide bonds. The van der Waals surface area contributed by atoms with Crippen LogP contribution in [0.15, 0.2) is 17.2 Å². The van der Waals surface area contributed by atoms with Crippen LogP contribution >= 0.6 is 0 Å². The number of nitrogens with zero attached hydrogens (tertiary/aromatic N) is 5. The first-order valence-corrected chi connectivity index (χ1v) is 7.63. The Kier molecular flexibility index (Phi) is 3.96. The Morgan fingerprint density at radius 1 is 1.45 bits per heavy atom. The highest BCUT2D eigenvalue weighted by Gasteiger charge is 2.31. The number of aryl methyl sites for hydroxylation is 2. The number of carbonyl (C=O) groups excluding carboxylic acids is 1. The first kappa shape index (κ1) is 14.7. The van der Waals surface area contributed by atoms with Crippen molar-refractivity contribution in [3.63, 3.8) is 0 Å². The molecule has 0 aromatic carbocycles.